The molecule has 10 heteroatoms. The smallest absolute Gasteiger partial charge is 0.417 e. The average Bonchev–Trinajstić information content (AvgIpc) is 3.03. The summed E-state index contributed by atoms with van der Waals surface area (Å²) in [7, 11) is 0. The van der Waals surface area contributed by atoms with Crippen molar-refractivity contribution in [3.63, 3.8) is 0 Å². The van der Waals surface area contributed by atoms with Gasteiger partial charge in [0, 0.05) is 18.0 Å². The maximum Gasteiger partial charge on any atom is 0.417 e. The van der Waals surface area contributed by atoms with Crippen molar-refractivity contribution in [3.05, 3.63) is 51.4 Å². The van der Waals surface area contributed by atoms with E-state index in [4.69, 9.17) is 21.1 Å². The zero-order valence-corrected chi connectivity index (χ0v) is 14.0. The van der Waals surface area contributed by atoms with Gasteiger partial charge in [-0.3, -0.25) is 9.59 Å². The van der Waals surface area contributed by atoms with Crippen molar-refractivity contribution in [1.29, 1.82) is 0 Å². The van der Waals surface area contributed by atoms with Crippen molar-refractivity contribution in [2.24, 2.45) is 0 Å². The minimum absolute atomic E-state index is 0.0568. The Morgan fingerprint density at radius 3 is 2.65 bits per heavy atom. The van der Waals surface area contributed by atoms with Gasteiger partial charge in [0.1, 0.15) is 11.1 Å². The van der Waals surface area contributed by atoms with Crippen molar-refractivity contribution in [3.8, 4) is 11.5 Å². The van der Waals surface area contributed by atoms with E-state index in [0.717, 1.165) is 0 Å². The Morgan fingerprint density at radius 1 is 1.27 bits per heavy atom. The van der Waals surface area contributed by atoms with E-state index in [9.17, 15) is 22.8 Å². The summed E-state index contributed by atoms with van der Waals surface area (Å²) in [5.41, 5.74) is -1.67. The van der Waals surface area contributed by atoms with Gasteiger partial charge in [0.05, 0.1) is 5.56 Å². The molecule has 1 amide bonds. The number of anilines is 1. The molecule has 0 spiro atoms. The molecule has 1 atom stereocenters. The van der Waals surface area contributed by atoms with E-state index in [1.165, 1.54) is 13.0 Å². The Kier molecular flexibility index (Phi) is 4.57. The summed E-state index contributed by atoms with van der Waals surface area (Å²) in [5.74, 6) is 0.244. The molecule has 0 fully saturated rings. The fourth-order valence-corrected chi connectivity index (χ4v) is 2.57. The predicted octanol–water partition coefficient (Wildman–Crippen LogP) is 3.45. The SMILES string of the molecule is CC(C(=O)Nc1ccc2c(c1)OCO2)n1cc(C(F)(F)F)cc(Cl)c1=O. The fourth-order valence-electron chi connectivity index (χ4n) is 2.36. The van der Waals surface area contributed by atoms with E-state index in [1.54, 1.807) is 12.1 Å². The normalized spacial score (nSPS) is 14.2. The number of fused-ring (bicyclic) bond motifs is 1. The van der Waals surface area contributed by atoms with Crippen LogP contribution in [0, 0.1) is 0 Å². The second-order valence-electron chi connectivity index (χ2n) is 5.52. The number of aromatic nitrogens is 1. The van der Waals surface area contributed by atoms with Crippen LogP contribution in [0.25, 0.3) is 0 Å². The Hall–Kier alpha value is -2.68. The molecular formula is C16H12ClF3N2O4. The third kappa shape index (κ3) is 3.48. The first kappa shape index (κ1) is 18.1. The standard InChI is InChI=1S/C16H12ClF3N2O4/c1-8(22-6-9(16(18,19)20)4-11(17)15(22)24)14(23)21-10-2-3-12-13(5-10)26-7-25-12/h2-6,8H,7H2,1H3,(H,21,23). The van der Waals surface area contributed by atoms with Gasteiger partial charge in [0.15, 0.2) is 11.5 Å². The lowest BCUT2D eigenvalue weighted by Crippen LogP contribution is -2.32. The highest BCUT2D eigenvalue weighted by Crippen LogP contribution is 2.34. The lowest BCUT2D eigenvalue weighted by molar-refractivity contribution is -0.138. The molecule has 2 heterocycles. The lowest BCUT2D eigenvalue weighted by atomic mass is 10.2. The highest BCUT2D eigenvalue weighted by atomic mass is 35.5. The second kappa shape index (κ2) is 6.56. The van der Waals surface area contributed by atoms with Crippen molar-refractivity contribution in [1.82, 2.24) is 4.57 Å². The molecule has 1 aliphatic rings. The number of nitrogens with zero attached hydrogens (tertiary/aromatic N) is 1. The van der Waals surface area contributed by atoms with Crippen LogP contribution in [0.3, 0.4) is 0 Å². The number of alkyl halides is 3. The van der Waals surface area contributed by atoms with Crippen molar-refractivity contribution < 1.29 is 27.4 Å². The first-order valence-corrected chi connectivity index (χ1v) is 7.74. The number of rotatable bonds is 3. The van der Waals surface area contributed by atoms with Gasteiger partial charge in [-0.2, -0.15) is 13.2 Å². The van der Waals surface area contributed by atoms with Crippen LogP contribution in [0.1, 0.15) is 18.5 Å². The van der Waals surface area contributed by atoms with Crippen LogP contribution in [-0.2, 0) is 11.0 Å². The Labute approximate surface area is 150 Å². The Morgan fingerprint density at radius 2 is 1.96 bits per heavy atom. The topological polar surface area (TPSA) is 69.6 Å². The molecule has 1 unspecified atom stereocenters. The maximum absolute atomic E-state index is 12.9. The fraction of sp³-hybridized carbons (Fsp3) is 0.250. The van der Waals surface area contributed by atoms with Crippen LogP contribution in [0.4, 0.5) is 18.9 Å². The van der Waals surface area contributed by atoms with Gasteiger partial charge in [-0.25, -0.2) is 0 Å². The molecule has 1 aromatic carbocycles. The van der Waals surface area contributed by atoms with Crippen molar-refractivity contribution in [2.45, 2.75) is 19.1 Å². The van der Waals surface area contributed by atoms with E-state index in [0.29, 0.717) is 34.0 Å². The van der Waals surface area contributed by atoms with Crippen LogP contribution in [0.15, 0.2) is 35.3 Å². The van der Waals surface area contributed by atoms with Gasteiger partial charge in [0.2, 0.25) is 12.7 Å². The van der Waals surface area contributed by atoms with Crippen LogP contribution >= 0.6 is 11.6 Å². The zero-order chi connectivity index (χ0) is 19.1. The van der Waals surface area contributed by atoms with Crippen molar-refractivity contribution >= 4 is 23.2 Å². The number of pyridine rings is 1. The summed E-state index contributed by atoms with van der Waals surface area (Å²) in [6.07, 6.45) is -4.13. The molecule has 1 aliphatic heterocycles. The highest BCUT2D eigenvalue weighted by Gasteiger charge is 2.33. The molecular weight excluding hydrogens is 377 g/mol. The van der Waals surface area contributed by atoms with Gasteiger partial charge in [-0.1, -0.05) is 11.6 Å². The lowest BCUT2D eigenvalue weighted by Gasteiger charge is -2.18. The van der Waals surface area contributed by atoms with Crippen LogP contribution in [-0.4, -0.2) is 17.3 Å². The second-order valence-corrected chi connectivity index (χ2v) is 5.93. The summed E-state index contributed by atoms with van der Waals surface area (Å²) in [6.45, 7) is 1.35. The predicted molar refractivity (Wildman–Crippen MR) is 86.6 cm³/mol. The van der Waals surface area contributed by atoms with E-state index in [1.807, 2.05) is 0 Å². The first-order valence-electron chi connectivity index (χ1n) is 7.36. The number of amides is 1. The number of nitrogens with one attached hydrogen (secondary N) is 1. The van der Waals surface area contributed by atoms with Gasteiger partial charge >= 0.3 is 6.18 Å². The molecule has 0 bridgehead atoms. The molecule has 0 saturated heterocycles. The molecule has 3 rings (SSSR count). The molecule has 26 heavy (non-hydrogen) atoms. The molecule has 138 valence electrons. The molecule has 2 aromatic rings. The maximum atomic E-state index is 12.9. The molecule has 0 aliphatic carbocycles. The van der Waals surface area contributed by atoms with Crippen LogP contribution in [0.5, 0.6) is 11.5 Å². The van der Waals surface area contributed by atoms with E-state index in [2.05, 4.69) is 5.32 Å². The number of hydrogen-bond acceptors (Lipinski definition) is 4. The van der Waals surface area contributed by atoms with E-state index >= 15 is 0 Å². The summed E-state index contributed by atoms with van der Waals surface area (Å²) in [6, 6.07) is 3.93. The minimum Gasteiger partial charge on any atom is -0.454 e. The highest BCUT2D eigenvalue weighted by molar-refractivity contribution is 6.30. The number of carbonyl (C=O) groups excluding carboxylic acids is 1. The Bertz CT molecular complexity index is 927. The molecule has 0 radical (unpaired) electrons. The first-order chi connectivity index (χ1) is 12.2. The van der Waals surface area contributed by atoms with E-state index < -0.39 is 34.3 Å². The number of ether oxygens (including phenoxy) is 2. The summed E-state index contributed by atoms with van der Waals surface area (Å²) < 4.78 is 49.7. The largest absolute Gasteiger partial charge is 0.454 e. The minimum atomic E-state index is -4.70. The van der Waals surface area contributed by atoms with Gasteiger partial charge in [0.25, 0.3) is 5.56 Å². The third-order valence-corrected chi connectivity index (χ3v) is 4.03. The summed E-state index contributed by atoms with van der Waals surface area (Å²) in [4.78, 5) is 24.4. The van der Waals surface area contributed by atoms with Gasteiger partial charge in [-0.05, 0) is 25.1 Å². The summed E-state index contributed by atoms with van der Waals surface area (Å²) >= 11 is 5.60. The number of hydrogen-bond donors (Lipinski definition) is 1. The quantitative estimate of drug-likeness (QED) is 0.874. The zero-order valence-electron chi connectivity index (χ0n) is 13.3. The molecule has 6 nitrogen and oxygen atoms in total. The number of halogens is 4. The third-order valence-electron chi connectivity index (χ3n) is 3.76. The van der Waals surface area contributed by atoms with Gasteiger partial charge < -0.3 is 19.4 Å². The van der Waals surface area contributed by atoms with Crippen molar-refractivity contribution in [2.75, 3.05) is 12.1 Å². The summed E-state index contributed by atoms with van der Waals surface area (Å²) in [5, 5.41) is 1.89. The Balaban J connectivity index is 1.87. The van der Waals surface area contributed by atoms with Crippen LogP contribution < -0.4 is 20.3 Å². The number of carbonyl (C=O) groups is 1. The molecule has 1 aromatic heterocycles. The average molecular weight is 389 g/mol. The number of benzene rings is 1. The van der Waals surface area contributed by atoms with E-state index in [-0.39, 0.29) is 6.79 Å². The monoisotopic (exact) mass is 388 g/mol. The molecule has 0 saturated carbocycles. The van der Waals surface area contributed by atoms with Crippen LogP contribution in [0.2, 0.25) is 5.02 Å². The molecule has 1 N–H and O–H groups in total. The van der Waals surface area contributed by atoms with Gasteiger partial charge in [-0.15, -0.1) is 0 Å².